The number of nitrogens with zero attached hydrogens (tertiary/aromatic N) is 1. The molecule has 2 heterocycles. The van der Waals surface area contributed by atoms with E-state index >= 15 is 0 Å². The third-order valence-electron chi connectivity index (χ3n) is 4.36. The Morgan fingerprint density at radius 2 is 2.04 bits per heavy atom. The van der Waals surface area contributed by atoms with Gasteiger partial charge in [0.25, 0.3) is 0 Å². The van der Waals surface area contributed by atoms with Crippen molar-refractivity contribution in [3.8, 4) is 11.5 Å². The molecule has 2 N–H and O–H groups in total. The van der Waals surface area contributed by atoms with Crippen LogP contribution in [0.15, 0.2) is 18.2 Å². The van der Waals surface area contributed by atoms with Gasteiger partial charge in [-0.2, -0.15) is 0 Å². The Hall–Kier alpha value is -2.77. The number of benzene rings is 1. The number of carbonyl (C=O) groups is 3. The Balaban J connectivity index is 1.70. The molecule has 8 heteroatoms. The minimum absolute atomic E-state index is 0.0519. The summed E-state index contributed by atoms with van der Waals surface area (Å²) in [6.07, 6.45) is 0.337. The van der Waals surface area contributed by atoms with Crippen LogP contribution in [0, 0.1) is 5.92 Å². The Bertz CT molecular complexity index is 704. The van der Waals surface area contributed by atoms with E-state index in [1.54, 1.807) is 25.1 Å². The van der Waals surface area contributed by atoms with Crippen molar-refractivity contribution < 1.29 is 29.0 Å². The highest BCUT2D eigenvalue weighted by atomic mass is 16.6. The van der Waals surface area contributed by atoms with Gasteiger partial charge in [-0.1, -0.05) is 6.92 Å². The van der Waals surface area contributed by atoms with Crippen molar-refractivity contribution in [2.75, 3.05) is 24.7 Å². The molecule has 2 atom stereocenters. The van der Waals surface area contributed by atoms with Crippen LogP contribution in [0.4, 0.5) is 5.69 Å². The van der Waals surface area contributed by atoms with Crippen LogP contribution in [0.2, 0.25) is 0 Å². The molecule has 3 rings (SSSR count). The normalized spacial score (nSPS) is 20.3. The van der Waals surface area contributed by atoms with Gasteiger partial charge in [0, 0.05) is 24.7 Å². The second-order valence-corrected chi connectivity index (χ2v) is 6.04. The molecule has 0 aromatic heterocycles. The molecule has 1 fully saturated rings. The first-order valence-corrected chi connectivity index (χ1v) is 8.22. The summed E-state index contributed by atoms with van der Waals surface area (Å²) in [4.78, 5) is 37.1. The maximum atomic E-state index is 12.3. The Morgan fingerprint density at radius 3 is 2.72 bits per heavy atom. The number of carbonyl (C=O) groups excluding carboxylic acids is 2. The molecule has 0 bridgehead atoms. The lowest BCUT2D eigenvalue weighted by atomic mass is 10.1. The van der Waals surface area contributed by atoms with Crippen molar-refractivity contribution in [2.45, 2.75) is 25.8 Å². The van der Waals surface area contributed by atoms with Gasteiger partial charge in [0.05, 0.1) is 5.92 Å². The molecule has 1 aromatic rings. The van der Waals surface area contributed by atoms with Crippen LogP contribution < -0.4 is 19.7 Å². The molecule has 0 spiro atoms. The van der Waals surface area contributed by atoms with Gasteiger partial charge in [0.2, 0.25) is 11.8 Å². The summed E-state index contributed by atoms with van der Waals surface area (Å²) in [5.74, 6) is -1.05. The standard InChI is InChI=1S/C17H20N2O6/c1-2-12(17(22)23)18-16(21)10-7-15(20)19(9-10)11-3-4-13-14(8-11)25-6-5-24-13/h3-4,8,10,12H,2,5-7,9H2,1H3,(H,18,21)(H,22,23). The second-order valence-electron chi connectivity index (χ2n) is 6.04. The molecule has 2 amide bonds. The van der Waals surface area contributed by atoms with Crippen molar-refractivity contribution in [3.05, 3.63) is 18.2 Å². The highest BCUT2D eigenvalue weighted by Crippen LogP contribution is 2.35. The highest BCUT2D eigenvalue weighted by Gasteiger charge is 2.36. The fourth-order valence-electron chi connectivity index (χ4n) is 2.96. The predicted octanol–water partition coefficient (Wildman–Crippen LogP) is 0.790. The first-order valence-electron chi connectivity index (χ1n) is 8.22. The van der Waals surface area contributed by atoms with Crippen molar-refractivity contribution >= 4 is 23.5 Å². The molecular formula is C17H20N2O6. The molecule has 2 unspecified atom stereocenters. The topological polar surface area (TPSA) is 105 Å². The fraction of sp³-hybridized carbons (Fsp3) is 0.471. The van der Waals surface area contributed by atoms with Gasteiger partial charge in [0.15, 0.2) is 11.5 Å². The van der Waals surface area contributed by atoms with Gasteiger partial charge in [-0.15, -0.1) is 0 Å². The SMILES string of the molecule is CCC(NC(=O)C1CC(=O)N(c2ccc3c(c2)OCCO3)C1)C(=O)O. The number of rotatable bonds is 5. The van der Waals surface area contributed by atoms with Crippen molar-refractivity contribution in [3.63, 3.8) is 0 Å². The van der Waals surface area contributed by atoms with Crippen molar-refractivity contribution in [2.24, 2.45) is 5.92 Å². The zero-order valence-electron chi connectivity index (χ0n) is 13.9. The van der Waals surface area contributed by atoms with E-state index in [1.165, 1.54) is 4.90 Å². The molecular weight excluding hydrogens is 328 g/mol. The Kier molecular flexibility index (Phi) is 4.78. The van der Waals surface area contributed by atoms with E-state index in [4.69, 9.17) is 14.6 Å². The average molecular weight is 348 g/mol. The number of carboxylic acids is 1. The number of fused-ring (bicyclic) bond motifs is 1. The van der Waals surface area contributed by atoms with Gasteiger partial charge < -0.3 is 24.8 Å². The average Bonchev–Trinajstić information content (AvgIpc) is 3.00. The minimum Gasteiger partial charge on any atom is -0.486 e. The van der Waals surface area contributed by atoms with E-state index in [1.807, 2.05) is 0 Å². The number of hydrogen-bond acceptors (Lipinski definition) is 5. The third kappa shape index (κ3) is 3.52. The van der Waals surface area contributed by atoms with Gasteiger partial charge >= 0.3 is 5.97 Å². The van der Waals surface area contributed by atoms with Crippen LogP contribution in [0.25, 0.3) is 0 Å². The van der Waals surface area contributed by atoms with Crippen LogP contribution in [-0.2, 0) is 14.4 Å². The van der Waals surface area contributed by atoms with E-state index in [2.05, 4.69) is 5.32 Å². The minimum atomic E-state index is -1.08. The fourth-order valence-corrected chi connectivity index (χ4v) is 2.96. The quantitative estimate of drug-likeness (QED) is 0.815. The zero-order chi connectivity index (χ0) is 18.0. The molecule has 134 valence electrons. The summed E-state index contributed by atoms with van der Waals surface area (Å²) >= 11 is 0. The van der Waals surface area contributed by atoms with Gasteiger partial charge in [-0.25, -0.2) is 4.79 Å². The van der Waals surface area contributed by atoms with Gasteiger partial charge in [0.1, 0.15) is 19.3 Å². The first kappa shape index (κ1) is 17.1. The number of ether oxygens (including phenoxy) is 2. The van der Waals surface area contributed by atoms with Gasteiger partial charge in [-0.3, -0.25) is 9.59 Å². The van der Waals surface area contributed by atoms with Crippen LogP contribution >= 0.6 is 0 Å². The maximum Gasteiger partial charge on any atom is 0.326 e. The molecule has 25 heavy (non-hydrogen) atoms. The van der Waals surface area contributed by atoms with E-state index in [-0.39, 0.29) is 25.3 Å². The Labute approximate surface area is 144 Å². The highest BCUT2D eigenvalue weighted by molar-refractivity contribution is 6.01. The second kappa shape index (κ2) is 7.00. The van der Waals surface area contributed by atoms with Crippen LogP contribution in [0.5, 0.6) is 11.5 Å². The number of aliphatic carboxylic acids is 1. The number of nitrogens with one attached hydrogen (secondary N) is 1. The monoisotopic (exact) mass is 348 g/mol. The maximum absolute atomic E-state index is 12.3. The summed E-state index contributed by atoms with van der Waals surface area (Å²) in [6.45, 7) is 2.82. The van der Waals surface area contributed by atoms with Gasteiger partial charge in [-0.05, 0) is 18.6 Å². The van der Waals surface area contributed by atoms with Crippen LogP contribution in [-0.4, -0.2) is 48.7 Å². The number of hydrogen-bond donors (Lipinski definition) is 2. The molecule has 0 aliphatic carbocycles. The van der Waals surface area contributed by atoms with Crippen molar-refractivity contribution in [1.82, 2.24) is 5.32 Å². The molecule has 1 saturated heterocycles. The number of carboxylic acid groups (broad SMARTS) is 1. The Morgan fingerprint density at radius 1 is 1.32 bits per heavy atom. The largest absolute Gasteiger partial charge is 0.486 e. The zero-order valence-corrected chi connectivity index (χ0v) is 13.9. The third-order valence-corrected chi connectivity index (χ3v) is 4.36. The van der Waals surface area contributed by atoms with E-state index in [0.717, 1.165) is 0 Å². The predicted molar refractivity (Wildman–Crippen MR) is 87.7 cm³/mol. The molecule has 0 radical (unpaired) electrons. The summed E-state index contributed by atoms with van der Waals surface area (Å²) in [5.41, 5.74) is 0.634. The van der Waals surface area contributed by atoms with E-state index in [9.17, 15) is 14.4 Å². The molecule has 0 saturated carbocycles. The summed E-state index contributed by atoms with van der Waals surface area (Å²) < 4.78 is 11.0. The van der Waals surface area contributed by atoms with E-state index < -0.39 is 23.8 Å². The van der Waals surface area contributed by atoms with Crippen LogP contribution in [0.1, 0.15) is 19.8 Å². The molecule has 1 aromatic carbocycles. The molecule has 2 aliphatic rings. The van der Waals surface area contributed by atoms with Crippen LogP contribution in [0.3, 0.4) is 0 Å². The van der Waals surface area contributed by atoms with E-state index in [0.29, 0.717) is 30.4 Å². The first-order chi connectivity index (χ1) is 12.0. The summed E-state index contributed by atoms with van der Waals surface area (Å²) in [6, 6.07) is 4.27. The number of anilines is 1. The smallest absolute Gasteiger partial charge is 0.326 e. The molecule has 8 nitrogen and oxygen atoms in total. The lowest BCUT2D eigenvalue weighted by Gasteiger charge is -2.22. The summed E-state index contributed by atoms with van der Waals surface area (Å²) in [7, 11) is 0. The lowest BCUT2D eigenvalue weighted by Crippen LogP contribution is -2.43. The number of amides is 2. The molecule has 2 aliphatic heterocycles. The summed E-state index contributed by atoms with van der Waals surface area (Å²) in [5, 5.41) is 11.5. The van der Waals surface area contributed by atoms with Crippen molar-refractivity contribution in [1.29, 1.82) is 0 Å². The lowest BCUT2D eigenvalue weighted by molar-refractivity contribution is -0.142.